The molecule has 4 nitrogen and oxygen atoms in total. The van der Waals surface area contributed by atoms with E-state index in [1.54, 1.807) is 6.07 Å². The lowest BCUT2D eigenvalue weighted by atomic mass is 10.1. The number of hydrogen-bond donors (Lipinski definition) is 1. The smallest absolute Gasteiger partial charge is 0.228 e. The molecule has 1 aliphatic rings. The van der Waals surface area contributed by atoms with Crippen molar-refractivity contribution < 1.29 is 13.9 Å². The van der Waals surface area contributed by atoms with E-state index in [9.17, 15) is 9.18 Å². The maximum Gasteiger partial charge on any atom is 0.228 e. The molecule has 0 bridgehead atoms. The second-order valence-corrected chi connectivity index (χ2v) is 6.97. The highest BCUT2D eigenvalue weighted by atomic mass is 79.9. The van der Waals surface area contributed by atoms with Crippen LogP contribution in [0.3, 0.4) is 0 Å². The molecule has 6 heteroatoms. The third-order valence-electron chi connectivity index (χ3n) is 4.26. The largest absolute Gasteiger partial charge is 0.494 e. The highest BCUT2D eigenvalue weighted by Crippen LogP contribution is 2.32. The van der Waals surface area contributed by atoms with Crippen molar-refractivity contribution in [3.63, 3.8) is 0 Å². The summed E-state index contributed by atoms with van der Waals surface area (Å²) in [6.07, 6.45) is 2.43. The van der Waals surface area contributed by atoms with E-state index >= 15 is 0 Å². The minimum Gasteiger partial charge on any atom is -0.494 e. The molecule has 1 fully saturated rings. The van der Waals surface area contributed by atoms with Crippen LogP contribution in [-0.2, 0) is 11.2 Å². The SMILES string of the molecule is COc1ccc(CC(=O)Nc2cc(Br)ccc2N2CCCC2)cc1F. The predicted molar refractivity (Wildman–Crippen MR) is 101 cm³/mol. The molecule has 1 saturated heterocycles. The van der Waals surface area contributed by atoms with E-state index in [1.807, 2.05) is 18.2 Å². The van der Waals surface area contributed by atoms with Crippen LogP contribution in [-0.4, -0.2) is 26.1 Å². The van der Waals surface area contributed by atoms with Gasteiger partial charge in [0, 0.05) is 17.6 Å². The topological polar surface area (TPSA) is 41.6 Å². The summed E-state index contributed by atoms with van der Waals surface area (Å²) in [6.45, 7) is 1.99. The van der Waals surface area contributed by atoms with Crippen molar-refractivity contribution in [1.29, 1.82) is 0 Å². The van der Waals surface area contributed by atoms with Gasteiger partial charge in [-0.2, -0.15) is 0 Å². The fraction of sp³-hybridized carbons (Fsp3) is 0.316. The lowest BCUT2D eigenvalue weighted by Crippen LogP contribution is -2.21. The molecule has 0 spiro atoms. The summed E-state index contributed by atoms with van der Waals surface area (Å²) < 4.78 is 19.6. The molecule has 3 rings (SSSR count). The van der Waals surface area contributed by atoms with Crippen LogP contribution in [0, 0.1) is 5.82 Å². The Morgan fingerprint density at radius 3 is 2.68 bits per heavy atom. The van der Waals surface area contributed by atoms with E-state index in [-0.39, 0.29) is 18.1 Å². The number of rotatable bonds is 5. The van der Waals surface area contributed by atoms with Crippen LogP contribution >= 0.6 is 15.9 Å². The monoisotopic (exact) mass is 406 g/mol. The minimum absolute atomic E-state index is 0.104. The van der Waals surface area contributed by atoms with Crippen LogP contribution in [0.1, 0.15) is 18.4 Å². The number of methoxy groups -OCH3 is 1. The van der Waals surface area contributed by atoms with Gasteiger partial charge in [-0.15, -0.1) is 0 Å². The number of ether oxygens (including phenoxy) is 1. The van der Waals surface area contributed by atoms with Gasteiger partial charge in [0.05, 0.1) is 24.9 Å². The molecule has 1 heterocycles. The molecule has 0 saturated carbocycles. The Balaban J connectivity index is 1.74. The molecule has 0 atom stereocenters. The van der Waals surface area contributed by atoms with E-state index in [2.05, 4.69) is 26.1 Å². The summed E-state index contributed by atoms with van der Waals surface area (Å²) in [5, 5.41) is 2.96. The molecule has 1 N–H and O–H groups in total. The zero-order valence-electron chi connectivity index (χ0n) is 14.0. The van der Waals surface area contributed by atoms with E-state index in [1.165, 1.54) is 19.2 Å². The minimum atomic E-state index is -0.465. The number of amides is 1. The molecule has 25 heavy (non-hydrogen) atoms. The number of halogens is 2. The summed E-state index contributed by atoms with van der Waals surface area (Å²) in [5.41, 5.74) is 2.40. The number of nitrogens with one attached hydrogen (secondary N) is 1. The first-order chi connectivity index (χ1) is 12.1. The molecular formula is C19H20BrFN2O2. The Labute approximate surface area is 155 Å². The molecule has 0 aromatic heterocycles. The Hall–Kier alpha value is -2.08. The number of hydrogen-bond acceptors (Lipinski definition) is 3. The van der Waals surface area contributed by atoms with Crippen molar-refractivity contribution in [3.8, 4) is 5.75 Å². The molecule has 1 amide bonds. The van der Waals surface area contributed by atoms with Gasteiger partial charge in [-0.1, -0.05) is 22.0 Å². The van der Waals surface area contributed by atoms with Crippen LogP contribution < -0.4 is 15.0 Å². The summed E-state index contributed by atoms with van der Waals surface area (Å²) in [5.74, 6) is -0.469. The molecule has 0 unspecified atom stereocenters. The summed E-state index contributed by atoms with van der Waals surface area (Å²) in [6, 6.07) is 10.5. The normalized spacial score (nSPS) is 13.8. The van der Waals surface area contributed by atoms with E-state index in [0.717, 1.165) is 41.8 Å². The Kier molecular flexibility index (Phi) is 5.58. The standard InChI is InChI=1S/C19H20BrFN2O2/c1-25-18-7-4-13(10-15(18)21)11-19(24)22-16-12-14(20)5-6-17(16)23-8-2-3-9-23/h4-7,10,12H,2-3,8-9,11H2,1H3,(H,22,24). The fourth-order valence-corrected chi connectivity index (χ4v) is 3.40. The van der Waals surface area contributed by atoms with Gasteiger partial charge in [0.25, 0.3) is 0 Å². The van der Waals surface area contributed by atoms with Crippen LogP contribution in [0.4, 0.5) is 15.8 Å². The van der Waals surface area contributed by atoms with E-state index in [4.69, 9.17) is 4.74 Å². The van der Waals surface area contributed by atoms with Crippen LogP contribution in [0.25, 0.3) is 0 Å². The Bertz CT molecular complexity index is 776. The van der Waals surface area contributed by atoms with Gasteiger partial charge in [0.15, 0.2) is 11.6 Å². The predicted octanol–water partition coefficient (Wildman–Crippen LogP) is 4.38. The number of carbonyl (C=O) groups is 1. The second kappa shape index (κ2) is 7.87. The molecule has 2 aromatic carbocycles. The van der Waals surface area contributed by atoms with Gasteiger partial charge in [0.1, 0.15) is 0 Å². The number of anilines is 2. The van der Waals surface area contributed by atoms with E-state index < -0.39 is 5.82 Å². The first-order valence-corrected chi connectivity index (χ1v) is 9.03. The van der Waals surface area contributed by atoms with Gasteiger partial charge >= 0.3 is 0 Å². The fourth-order valence-electron chi connectivity index (χ4n) is 3.04. The Morgan fingerprint density at radius 1 is 1.24 bits per heavy atom. The molecule has 0 radical (unpaired) electrons. The van der Waals surface area contributed by atoms with Crippen molar-refractivity contribution in [1.82, 2.24) is 0 Å². The van der Waals surface area contributed by atoms with Crippen LogP contribution in [0.15, 0.2) is 40.9 Å². The average molecular weight is 407 g/mol. The highest BCUT2D eigenvalue weighted by molar-refractivity contribution is 9.10. The highest BCUT2D eigenvalue weighted by Gasteiger charge is 2.17. The average Bonchev–Trinajstić information content (AvgIpc) is 3.09. The maximum atomic E-state index is 13.8. The van der Waals surface area contributed by atoms with E-state index in [0.29, 0.717) is 5.56 Å². The maximum absolute atomic E-state index is 13.8. The van der Waals surface area contributed by atoms with Gasteiger partial charge < -0.3 is 15.0 Å². The Morgan fingerprint density at radius 2 is 2.00 bits per heavy atom. The second-order valence-electron chi connectivity index (χ2n) is 6.05. The van der Waals surface area contributed by atoms with Gasteiger partial charge in [-0.3, -0.25) is 4.79 Å². The lowest BCUT2D eigenvalue weighted by Gasteiger charge is -2.22. The molecule has 0 aliphatic carbocycles. The quantitative estimate of drug-likeness (QED) is 0.800. The van der Waals surface area contributed by atoms with Crippen molar-refractivity contribution in [2.75, 3.05) is 30.4 Å². The van der Waals surface area contributed by atoms with Gasteiger partial charge in [-0.05, 0) is 48.7 Å². The first-order valence-electron chi connectivity index (χ1n) is 8.23. The third kappa shape index (κ3) is 4.31. The molecule has 2 aromatic rings. The van der Waals surface area contributed by atoms with Crippen molar-refractivity contribution in [2.24, 2.45) is 0 Å². The number of carbonyl (C=O) groups excluding carboxylic acids is 1. The van der Waals surface area contributed by atoms with Crippen molar-refractivity contribution in [2.45, 2.75) is 19.3 Å². The summed E-state index contributed by atoms with van der Waals surface area (Å²) >= 11 is 3.45. The zero-order valence-corrected chi connectivity index (χ0v) is 15.6. The zero-order chi connectivity index (χ0) is 17.8. The third-order valence-corrected chi connectivity index (χ3v) is 4.75. The molecule has 132 valence electrons. The molecular weight excluding hydrogens is 387 g/mol. The summed E-state index contributed by atoms with van der Waals surface area (Å²) in [4.78, 5) is 14.7. The van der Waals surface area contributed by atoms with Crippen LogP contribution in [0.5, 0.6) is 5.75 Å². The van der Waals surface area contributed by atoms with Gasteiger partial charge in [0.2, 0.25) is 5.91 Å². The summed E-state index contributed by atoms with van der Waals surface area (Å²) in [7, 11) is 1.41. The van der Waals surface area contributed by atoms with Crippen molar-refractivity contribution >= 4 is 33.2 Å². The number of nitrogens with zero attached hydrogens (tertiary/aromatic N) is 1. The molecule has 1 aliphatic heterocycles. The first kappa shape index (κ1) is 17.7. The lowest BCUT2D eigenvalue weighted by molar-refractivity contribution is -0.115. The number of benzene rings is 2. The van der Waals surface area contributed by atoms with Crippen LogP contribution in [0.2, 0.25) is 0 Å². The van der Waals surface area contributed by atoms with Gasteiger partial charge in [-0.25, -0.2) is 4.39 Å². The van der Waals surface area contributed by atoms with Crippen molar-refractivity contribution in [3.05, 3.63) is 52.3 Å².